The maximum atomic E-state index is 13.3. The molecule has 0 spiro atoms. The highest BCUT2D eigenvalue weighted by atomic mass is 19.4. The van der Waals surface area contributed by atoms with Gasteiger partial charge in [-0.1, -0.05) is 19.1 Å². The molecule has 0 aromatic heterocycles. The van der Waals surface area contributed by atoms with E-state index < -0.39 is 40.7 Å². The molecule has 1 heterocycles. The van der Waals surface area contributed by atoms with Crippen LogP contribution in [-0.4, -0.2) is 17.5 Å². The quantitative estimate of drug-likeness (QED) is 0.483. The van der Waals surface area contributed by atoms with Gasteiger partial charge in [0.05, 0.1) is 11.1 Å². The molecular formula is C19H18F6O3. The Hall–Kier alpha value is -1.87. The Labute approximate surface area is 157 Å². The fraction of sp³-hybridized carbons (Fsp3) is 0.526. The SMILES string of the molecule is CC1C(=O)CC2CC1OOC2(C)/C=C/c1ccc(C(F)(F)F)cc1C(F)(F)F. The van der Waals surface area contributed by atoms with E-state index in [1.165, 1.54) is 6.08 Å². The molecule has 3 nitrogen and oxygen atoms in total. The van der Waals surface area contributed by atoms with E-state index in [-0.39, 0.29) is 30.1 Å². The fourth-order valence-corrected chi connectivity index (χ4v) is 3.54. The second kappa shape index (κ2) is 6.88. The van der Waals surface area contributed by atoms with E-state index in [1.54, 1.807) is 13.8 Å². The highest BCUT2D eigenvalue weighted by Crippen LogP contribution is 2.44. The van der Waals surface area contributed by atoms with Gasteiger partial charge in [0.15, 0.2) is 0 Å². The third-order valence-electron chi connectivity index (χ3n) is 5.47. The van der Waals surface area contributed by atoms with Crippen LogP contribution in [0, 0.1) is 11.8 Å². The number of rotatable bonds is 2. The van der Waals surface area contributed by atoms with Crippen molar-refractivity contribution in [2.24, 2.45) is 11.8 Å². The van der Waals surface area contributed by atoms with Crippen LogP contribution in [0.1, 0.15) is 43.4 Å². The molecule has 0 amide bonds. The lowest BCUT2D eigenvalue weighted by Crippen LogP contribution is -2.52. The van der Waals surface area contributed by atoms with Crippen molar-refractivity contribution in [3.05, 3.63) is 41.0 Å². The summed E-state index contributed by atoms with van der Waals surface area (Å²) in [5.74, 6) is -0.638. The summed E-state index contributed by atoms with van der Waals surface area (Å²) in [6.07, 6.45) is -7.18. The zero-order valence-electron chi connectivity index (χ0n) is 15.0. The Bertz CT molecular complexity index is 798. The van der Waals surface area contributed by atoms with Gasteiger partial charge in [-0.15, -0.1) is 0 Å². The summed E-state index contributed by atoms with van der Waals surface area (Å²) in [6, 6.07) is 1.45. The standard InChI is InChI=1S/C19H18F6O3/c1-10-15(26)8-13-9-16(10)27-28-17(13,2)6-5-11-3-4-12(18(20,21)22)7-14(11)19(23,24)25/h3-7,10,13,16H,8-9H2,1-2H3/b6-5+. The molecule has 2 bridgehead atoms. The van der Waals surface area contributed by atoms with Crippen LogP contribution in [0.2, 0.25) is 0 Å². The molecule has 2 aliphatic rings. The lowest BCUT2D eigenvalue weighted by molar-refractivity contribution is -0.415. The Kier molecular flexibility index (Phi) is 5.12. The van der Waals surface area contributed by atoms with Gasteiger partial charge < -0.3 is 0 Å². The van der Waals surface area contributed by atoms with Crippen molar-refractivity contribution in [1.82, 2.24) is 0 Å². The number of hydrogen-bond donors (Lipinski definition) is 0. The molecule has 1 saturated heterocycles. The van der Waals surface area contributed by atoms with Gasteiger partial charge in [0, 0.05) is 18.3 Å². The van der Waals surface area contributed by atoms with E-state index in [2.05, 4.69) is 0 Å². The molecule has 1 aliphatic carbocycles. The predicted molar refractivity (Wildman–Crippen MR) is 86.7 cm³/mol. The molecule has 1 aromatic carbocycles. The van der Waals surface area contributed by atoms with Crippen LogP contribution in [-0.2, 0) is 26.9 Å². The van der Waals surface area contributed by atoms with E-state index in [0.29, 0.717) is 12.5 Å². The van der Waals surface area contributed by atoms with Crippen LogP contribution in [0.15, 0.2) is 24.3 Å². The first-order valence-electron chi connectivity index (χ1n) is 8.66. The molecule has 2 fully saturated rings. The number of carbonyl (C=O) groups excluding carboxylic acids is 1. The summed E-state index contributed by atoms with van der Waals surface area (Å²) in [7, 11) is 0. The summed E-state index contributed by atoms with van der Waals surface area (Å²) in [6.45, 7) is 3.30. The van der Waals surface area contributed by atoms with Gasteiger partial charge in [-0.05, 0) is 37.1 Å². The molecular weight excluding hydrogens is 390 g/mol. The number of carbonyl (C=O) groups is 1. The van der Waals surface area contributed by atoms with Crippen molar-refractivity contribution in [2.45, 2.75) is 50.7 Å². The van der Waals surface area contributed by atoms with Crippen molar-refractivity contribution in [2.75, 3.05) is 0 Å². The zero-order valence-corrected chi connectivity index (χ0v) is 15.0. The minimum Gasteiger partial charge on any atom is -0.299 e. The number of halogens is 6. The Morgan fingerprint density at radius 3 is 2.43 bits per heavy atom. The molecule has 4 unspecified atom stereocenters. The maximum Gasteiger partial charge on any atom is 0.417 e. The van der Waals surface area contributed by atoms with Crippen LogP contribution >= 0.6 is 0 Å². The van der Waals surface area contributed by atoms with Crippen molar-refractivity contribution in [3.8, 4) is 0 Å². The molecule has 0 N–H and O–H groups in total. The summed E-state index contributed by atoms with van der Waals surface area (Å²) in [5, 5.41) is 0. The summed E-state index contributed by atoms with van der Waals surface area (Å²) in [5.41, 5.74) is -4.37. The van der Waals surface area contributed by atoms with E-state index in [9.17, 15) is 31.1 Å². The van der Waals surface area contributed by atoms with Gasteiger partial charge in [-0.3, -0.25) is 4.79 Å². The lowest BCUT2D eigenvalue weighted by atomic mass is 9.71. The first kappa shape index (κ1) is 20.9. The smallest absolute Gasteiger partial charge is 0.299 e. The number of Topliss-reactive ketones (excluding diaryl/α,β-unsaturated/α-hetero) is 1. The predicted octanol–water partition coefficient (Wildman–Crippen LogP) is 5.44. The molecule has 0 radical (unpaired) electrons. The first-order valence-corrected chi connectivity index (χ1v) is 8.66. The van der Waals surface area contributed by atoms with Gasteiger partial charge in [0.1, 0.15) is 17.5 Å². The summed E-state index contributed by atoms with van der Waals surface area (Å²) < 4.78 is 78.2. The first-order chi connectivity index (χ1) is 12.8. The van der Waals surface area contributed by atoms with Crippen molar-refractivity contribution < 1.29 is 40.9 Å². The van der Waals surface area contributed by atoms with Crippen molar-refractivity contribution in [3.63, 3.8) is 0 Å². The molecule has 1 aliphatic heterocycles. The van der Waals surface area contributed by atoms with Crippen molar-refractivity contribution >= 4 is 11.9 Å². The van der Waals surface area contributed by atoms with Crippen LogP contribution in [0.3, 0.4) is 0 Å². The molecule has 4 atom stereocenters. The Morgan fingerprint density at radius 2 is 1.82 bits per heavy atom. The van der Waals surface area contributed by atoms with Gasteiger partial charge in [0.25, 0.3) is 0 Å². The molecule has 1 saturated carbocycles. The van der Waals surface area contributed by atoms with Crippen LogP contribution < -0.4 is 0 Å². The van der Waals surface area contributed by atoms with Gasteiger partial charge in [0.2, 0.25) is 0 Å². The molecule has 154 valence electrons. The molecule has 3 rings (SSSR count). The van der Waals surface area contributed by atoms with Gasteiger partial charge >= 0.3 is 12.4 Å². The van der Waals surface area contributed by atoms with Gasteiger partial charge in [-0.25, -0.2) is 9.78 Å². The van der Waals surface area contributed by atoms with E-state index in [4.69, 9.17) is 9.78 Å². The maximum absolute atomic E-state index is 13.3. The third-order valence-corrected chi connectivity index (χ3v) is 5.47. The average Bonchev–Trinajstić information content (AvgIpc) is 2.59. The van der Waals surface area contributed by atoms with E-state index in [0.717, 1.165) is 12.1 Å². The van der Waals surface area contributed by atoms with Crippen molar-refractivity contribution in [1.29, 1.82) is 0 Å². The fourth-order valence-electron chi connectivity index (χ4n) is 3.54. The van der Waals surface area contributed by atoms with Crippen LogP contribution in [0.5, 0.6) is 0 Å². The highest BCUT2D eigenvalue weighted by Gasteiger charge is 2.49. The largest absolute Gasteiger partial charge is 0.417 e. The number of alkyl halides is 6. The topological polar surface area (TPSA) is 35.5 Å². The molecule has 9 heteroatoms. The number of hydrogen-bond acceptors (Lipinski definition) is 3. The summed E-state index contributed by atoms with van der Waals surface area (Å²) >= 11 is 0. The Balaban J connectivity index is 1.92. The number of ketones is 1. The molecule has 1 aromatic rings. The summed E-state index contributed by atoms with van der Waals surface area (Å²) in [4.78, 5) is 22.7. The monoisotopic (exact) mass is 408 g/mol. The minimum atomic E-state index is -4.97. The average molecular weight is 408 g/mol. The number of benzene rings is 1. The van der Waals surface area contributed by atoms with Crippen LogP contribution in [0.4, 0.5) is 26.3 Å². The van der Waals surface area contributed by atoms with Gasteiger partial charge in [-0.2, -0.15) is 26.3 Å². The zero-order chi connectivity index (χ0) is 20.9. The molecule has 28 heavy (non-hydrogen) atoms. The second-order valence-electron chi connectivity index (χ2n) is 7.42. The lowest BCUT2D eigenvalue weighted by Gasteiger charge is -2.45. The second-order valence-corrected chi connectivity index (χ2v) is 7.42. The van der Waals surface area contributed by atoms with E-state index in [1.807, 2.05) is 0 Å². The minimum absolute atomic E-state index is 0.0188. The van der Waals surface area contributed by atoms with Crippen LogP contribution in [0.25, 0.3) is 6.08 Å². The highest BCUT2D eigenvalue weighted by molar-refractivity contribution is 5.82. The Morgan fingerprint density at radius 1 is 1.14 bits per heavy atom. The van der Waals surface area contributed by atoms with E-state index >= 15 is 0 Å². The third kappa shape index (κ3) is 3.96. The number of fused-ring (bicyclic) bond motifs is 2. The normalized spacial score (nSPS) is 31.4.